The summed E-state index contributed by atoms with van der Waals surface area (Å²) in [5.74, 6) is -1.61. The van der Waals surface area contributed by atoms with Gasteiger partial charge in [-0.05, 0) is 55.0 Å². The van der Waals surface area contributed by atoms with Crippen molar-refractivity contribution in [2.75, 3.05) is 11.9 Å². The fraction of sp³-hybridized carbons (Fsp3) is 0.413. The highest BCUT2D eigenvalue weighted by molar-refractivity contribution is 6.12. The molecule has 53 heavy (non-hydrogen) atoms. The fourth-order valence-corrected chi connectivity index (χ4v) is 6.32. The number of nitrogens with one attached hydrogen (secondary N) is 1. The minimum Gasteiger partial charge on any atom is -0.423 e. The number of benzene rings is 4. The molecule has 0 unspecified atom stereocenters. The topological polar surface area (TPSA) is 90.9 Å². The number of carbonyl (C=O) groups is 3. The molecular formula is C46H57NO6. The monoisotopic (exact) mass is 719 g/mol. The van der Waals surface area contributed by atoms with E-state index >= 15 is 0 Å². The number of ether oxygens (including phenoxy) is 3. The minimum absolute atomic E-state index is 0.109. The summed E-state index contributed by atoms with van der Waals surface area (Å²) >= 11 is 0. The van der Waals surface area contributed by atoms with Crippen LogP contribution in [0.25, 0.3) is 0 Å². The van der Waals surface area contributed by atoms with Crippen LogP contribution in [-0.4, -0.2) is 24.5 Å². The highest BCUT2D eigenvalue weighted by Gasteiger charge is 2.30. The van der Waals surface area contributed by atoms with Gasteiger partial charge in [-0.1, -0.05) is 164 Å². The molecule has 0 aromatic heterocycles. The maximum atomic E-state index is 13.8. The Morgan fingerprint density at radius 2 is 0.755 bits per heavy atom. The van der Waals surface area contributed by atoms with Crippen molar-refractivity contribution in [2.24, 2.45) is 0 Å². The molecule has 0 aliphatic rings. The van der Waals surface area contributed by atoms with Crippen molar-refractivity contribution in [1.82, 2.24) is 0 Å². The van der Waals surface area contributed by atoms with E-state index in [-0.39, 0.29) is 22.4 Å². The summed E-state index contributed by atoms with van der Waals surface area (Å²) in [6, 6.07) is 28.7. The van der Waals surface area contributed by atoms with Crippen molar-refractivity contribution >= 4 is 23.6 Å². The van der Waals surface area contributed by atoms with Crippen LogP contribution in [0.15, 0.2) is 103 Å². The molecule has 7 nitrogen and oxygen atoms in total. The second-order valence-electron chi connectivity index (χ2n) is 13.6. The molecular weight excluding hydrogens is 663 g/mol. The second-order valence-corrected chi connectivity index (χ2v) is 13.6. The molecule has 0 saturated heterocycles. The van der Waals surface area contributed by atoms with Gasteiger partial charge in [-0.25, -0.2) is 14.4 Å². The Balaban J connectivity index is 1.34. The molecule has 0 atom stereocenters. The van der Waals surface area contributed by atoms with E-state index in [9.17, 15) is 14.4 Å². The Morgan fingerprint density at radius 3 is 1.11 bits per heavy atom. The third kappa shape index (κ3) is 15.3. The normalized spacial score (nSPS) is 10.8. The molecule has 0 heterocycles. The predicted octanol–water partition coefficient (Wildman–Crippen LogP) is 12.4. The summed E-state index contributed by atoms with van der Waals surface area (Å²) in [4.78, 5) is 41.2. The van der Waals surface area contributed by atoms with Crippen molar-refractivity contribution in [3.05, 3.63) is 120 Å². The Kier molecular flexibility index (Phi) is 18.8. The third-order valence-corrected chi connectivity index (χ3v) is 9.25. The van der Waals surface area contributed by atoms with Gasteiger partial charge in [0, 0.05) is 12.2 Å². The molecule has 0 amide bonds. The molecule has 4 aromatic carbocycles. The SMILES string of the molecule is CCCCCCCCCCCCCCCCCCCNc1cc(C(=O)Oc2ccccc2)c(C(=O)Oc2ccccc2)c(C(=O)Oc2ccccc2)c1. The number of hydrogen-bond donors (Lipinski definition) is 1. The van der Waals surface area contributed by atoms with Gasteiger partial charge < -0.3 is 19.5 Å². The molecule has 4 aromatic rings. The van der Waals surface area contributed by atoms with Crippen LogP contribution in [0.3, 0.4) is 0 Å². The summed E-state index contributed by atoms with van der Waals surface area (Å²) in [7, 11) is 0. The number of esters is 3. The molecule has 4 rings (SSSR count). The maximum absolute atomic E-state index is 13.8. The number of unbranched alkanes of at least 4 members (excludes halogenated alkanes) is 16. The van der Waals surface area contributed by atoms with Crippen LogP contribution >= 0.6 is 0 Å². The van der Waals surface area contributed by atoms with E-state index in [2.05, 4.69) is 12.2 Å². The van der Waals surface area contributed by atoms with E-state index in [1.54, 1.807) is 91.0 Å². The van der Waals surface area contributed by atoms with Gasteiger partial charge in [-0.15, -0.1) is 0 Å². The zero-order valence-corrected chi connectivity index (χ0v) is 31.5. The maximum Gasteiger partial charge on any atom is 0.345 e. The molecule has 0 aliphatic heterocycles. The van der Waals surface area contributed by atoms with E-state index in [1.807, 2.05) is 12.1 Å². The average Bonchev–Trinajstić information content (AvgIpc) is 3.18. The Bertz CT molecular complexity index is 1570. The lowest BCUT2D eigenvalue weighted by Gasteiger charge is -2.16. The lowest BCUT2D eigenvalue weighted by Crippen LogP contribution is -2.24. The molecule has 282 valence electrons. The van der Waals surface area contributed by atoms with Crippen LogP contribution in [0.1, 0.15) is 147 Å². The van der Waals surface area contributed by atoms with Crippen molar-refractivity contribution in [3.8, 4) is 17.2 Å². The average molecular weight is 720 g/mol. The lowest BCUT2D eigenvalue weighted by atomic mass is 9.99. The minimum atomic E-state index is -0.879. The van der Waals surface area contributed by atoms with Gasteiger partial charge in [0.05, 0.1) is 16.7 Å². The Morgan fingerprint density at radius 1 is 0.434 bits per heavy atom. The highest BCUT2D eigenvalue weighted by Crippen LogP contribution is 2.27. The van der Waals surface area contributed by atoms with Crippen molar-refractivity contribution in [3.63, 3.8) is 0 Å². The van der Waals surface area contributed by atoms with Crippen LogP contribution in [-0.2, 0) is 0 Å². The number of hydrogen-bond acceptors (Lipinski definition) is 7. The van der Waals surface area contributed by atoms with Gasteiger partial charge in [-0.2, -0.15) is 0 Å². The summed E-state index contributed by atoms with van der Waals surface area (Å²) in [5.41, 5.74) is 0.0428. The first kappa shape index (κ1) is 40.9. The summed E-state index contributed by atoms with van der Waals surface area (Å²) in [6.07, 6.45) is 22.1. The van der Waals surface area contributed by atoms with Gasteiger partial charge >= 0.3 is 17.9 Å². The van der Waals surface area contributed by atoms with Gasteiger partial charge in [0.15, 0.2) is 0 Å². The summed E-state index contributed by atoms with van der Waals surface area (Å²) in [5, 5.41) is 3.36. The van der Waals surface area contributed by atoms with Crippen LogP contribution in [0.5, 0.6) is 17.2 Å². The highest BCUT2D eigenvalue weighted by atomic mass is 16.5. The van der Waals surface area contributed by atoms with Gasteiger partial charge in [0.25, 0.3) is 0 Å². The number of rotatable bonds is 25. The van der Waals surface area contributed by atoms with Crippen LogP contribution < -0.4 is 19.5 Å². The van der Waals surface area contributed by atoms with E-state index in [1.165, 1.54) is 89.9 Å². The predicted molar refractivity (Wildman–Crippen MR) is 213 cm³/mol. The van der Waals surface area contributed by atoms with Gasteiger partial charge in [0.1, 0.15) is 17.2 Å². The zero-order valence-electron chi connectivity index (χ0n) is 31.5. The largest absolute Gasteiger partial charge is 0.423 e. The molecule has 0 aliphatic carbocycles. The van der Waals surface area contributed by atoms with Crippen LogP contribution in [0, 0.1) is 0 Å². The number of carbonyl (C=O) groups excluding carboxylic acids is 3. The molecule has 0 saturated carbocycles. The molecule has 1 N–H and O–H groups in total. The number of anilines is 1. The quantitative estimate of drug-likeness (QED) is 0.0414. The van der Waals surface area contributed by atoms with Crippen LogP contribution in [0.4, 0.5) is 5.69 Å². The van der Waals surface area contributed by atoms with E-state index in [0.29, 0.717) is 23.7 Å². The first-order chi connectivity index (χ1) is 26.0. The molecule has 0 radical (unpaired) electrons. The van der Waals surface area contributed by atoms with E-state index in [4.69, 9.17) is 14.2 Å². The van der Waals surface area contributed by atoms with Crippen molar-refractivity contribution < 1.29 is 28.6 Å². The fourth-order valence-electron chi connectivity index (χ4n) is 6.32. The number of para-hydroxylation sites is 3. The molecule has 0 fully saturated rings. The Labute approximate surface area is 316 Å². The molecule has 0 bridgehead atoms. The standard InChI is InChI=1S/C46H57NO6/c1-2-3-4-5-6-7-8-9-10-11-12-13-14-15-16-17-27-34-47-37-35-41(44(48)51-38-28-21-18-22-29-38)43(46(50)53-40-32-25-20-26-33-40)42(36-37)45(49)52-39-30-23-19-24-31-39/h18-26,28-33,35-36,47H,2-17,27,34H2,1H3. The first-order valence-corrected chi connectivity index (χ1v) is 19.8. The Hall–Kier alpha value is -4.91. The first-order valence-electron chi connectivity index (χ1n) is 19.8. The van der Waals surface area contributed by atoms with Crippen molar-refractivity contribution in [2.45, 2.75) is 116 Å². The zero-order chi connectivity index (χ0) is 37.4. The summed E-state index contributed by atoms with van der Waals surface area (Å²) in [6.45, 7) is 2.90. The third-order valence-electron chi connectivity index (χ3n) is 9.25. The van der Waals surface area contributed by atoms with E-state index in [0.717, 1.165) is 19.3 Å². The second kappa shape index (κ2) is 24.4. The molecule has 7 heteroatoms. The van der Waals surface area contributed by atoms with Crippen LogP contribution in [0.2, 0.25) is 0 Å². The van der Waals surface area contributed by atoms with E-state index < -0.39 is 17.9 Å². The lowest BCUT2D eigenvalue weighted by molar-refractivity contribution is 0.0674. The molecule has 0 spiro atoms. The summed E-state index contributed by atoms with van der Waals surface area (Å²) < 4.78 is 17.0. The van der Waals surface area contributed by atoms with Gasteiger partial charge in [-0.3, -0.25) is 0 Å². The smallest absolute Gasteiger partial charge is 0.345 e. The van der Waals surface area contributed by atoms with Gasteiger partial charge in [0.2, 0.25) is 0 Å². The van der Waals surface area contributed by atoms with Crippen molar-refractivity contribution in [1.29, 1.82) is 0 Å².